The van der Waals surface area contributed by atoms with Gasteiger partial charge < -0.3 is 11.1 Å². The summed E-state index contributed by atoms with van der Waals surface area (Å²) in [5.41, 5.74) is 6.45. The Labute approximate surface area is 122 Å². The Hall–Kier alpha value is -1.30. The summed E-state index contributed by atoms with van der Waals surface area (Å²) in [7, 11) is 0. The first-order valence-corrected chi connectivity index (χ1v) is 6.20. The number of rotatable bonds is 4. The third kappa shape index (κ3) is 3.37. The number of benzene rings is 1. The molecule has 2 rings (SSSR count). The Bertz CT molecular complexity index is 570. The van der Waals surface area contributed by atoms with Gasteiger partial charge in [-0.15, -0.1) is 12.4 Å². The number of carbonyl (C=O) groups is 1. The first-order valence-electron chi connectivity index (χ1n) is 5.82. The van der Waals surface area contributed by atoms with Crippen molar-refractivity contribution in [2.75, 3.05) is 5.32 Å². The number of hydrogen-bond acceptors (Lipinski definition) is 3. The highest BCUT2D eigenvalue weighted by atomic mass is 35.5. The van der Waals surface area contributed by atoms with Crippen LogP contribution in [0.5, 0.6) is 0 Å². The fourth-order valence-corrected chi connectivity index (χ4v) is 1.97. The van der Waals surface area contributed by atoms with E-state index in [2.05, 4.69) is 15.5 Å². The SMILES string of the molecule is CCCC(N)C(=O)Nc1n[nH]c2c(Cl)cccc12.Cl. The van der Waals surface area contributed by atoms with Crippen LogP contribution in [-0.2, 0) is 4.79 Å². The topological polar surface area (TPSA) is 83.8 Å². The van der Waals surface area contributed by atoms with E-state index in [-0.39, 0.29) is 18.3 Å². The van der Waals surface area contributed by atoms with Crippen LogP contribution in [0, 0.1) is 0 Å². The average Bonchev–Trinajstić information content (AvgIpc) is 2.74. The number of H-pyrrole nitrogens is 1. The number of para-hydroxylation sites is 1. The number of fused-ring (bicyclic) bond motifs is 1. The van der Waals surface area contributed by atoms with Crippen LogP contribution in [0.25, 0.3) is 10.9 Å². The van der Waals surface area contributed by atoms with Crippen LogP contribution >= 0.6 is 24.0 Å². The number of halogens is 2. The lowest BCUT2D eigenvalue weighted by Crippen LogP contribution is -2.35. The van der Waals surface area contributed by atoms with E-state index >= 15 is 0 Å². The lowest BCUT2D eigenvalue weighted by atomic mass is 10.1. The van der Waals surface area contributed by atoms with Crippen molar-refractivity contribution in [1.29, 1.82) is 0 Å². The summed E-state index contributed by atoms with van der Waals surface area (Å²) in [6, 6.07) is 4.89. The summed E-state index contributed by atoms with van der Waals surface area (Å²) in [4.78, 5) is 11.8. The summed E-state index contributed by atoms with van der Waals surface area (Å²) < 4.78 is 0. The summed E-state index contributed by atoms with van der Waals surface area (Å²) in [6.07, 6.45) is 1.51. The number of carbonyl (C=O) groups excluding carboxylic acids is 1. The number of anilines is 1. The van der Waals surface area contributed by atoms with Crippen LogP contribution in [0.3, 0.4) is 0 Å². The smallest absolute Gasteiger partial charge is 0.242 e. The second kappa shape index (κ2) is 6.75. The quantitative estimate of drug-likeness (QED) is 0.812. The minimum atomic E-state index is -0.513. The number of nitrogens with two attached hydrogens (primary N) is 1. The number of nitrogens with one attached hydrogen (secondary N) is 2. The number of nitrogens with zero attached hydrogens (tertiary/aromatic N) is 1. The maximum atomic E-state index is 11.8. The zero-order valence-electron chi connectivity index (χ0n) is 10.4. The molecule has 0 aliphatic carbocycles. The van der Waals surface area contributed by atoms with Gasteiger partial charge in [-0.1, -0.05) is 31.0 Å². The van der Waals surface area contributed by atoms with E-state index in [1.54, 1.807) is 6.07 Å². The average molecular weight is 303 g/mol. The van der Waals surface area contributed by atoms with Crippen molar-refractivity contribution in [3.63, 3.8) is 0 Å². The monoisotopic (exact) mass is 302 g/mol. The van der Waals surface area contributed by atoms with E-state index in [1.807, 2.05) is 19.1 Å². The van der Waals surface area contributed by atoms with Gasteiger partial charge in [0.2, 0.25) is 5.91 Å². The van der Waals surface area contributed by atoms with E-state index in [1.165, 1.54) is 0 Å². The standard InChI is InChI=1S/C12H15ClN4O.ClH/c1-2-4-9(14)12(18)15-11-7-5-3-6-8(13)10(7)16-17-11;/h3,5-6,9H,2,4,14H2,1H3,(H2,15,16,17,18);1H. The zero-order chi connectivity index (χ0) is 13.1. The molecule has 0 radical (unpaired) electrons. The van der Waals surface area contributed by atoms with Gasteiger partial charge >= 0.3 is 0 Å². The molecule has 0 bridgehead atoms. The molecule has 104 valence electrons. The predicted molar refractivity (Wildman–Crippen MR) is 79.9 cm³/mol. The summed E-state index contributed by atoms with van der Waals surface area (Å²) in [5.74, 6) is 0.231. The summed E-state index contributed by atoms with van der Waals surface area (Å²) in [5, 5.41) is 10.9. The molecule has 2 aromatic rings. The van der Waals surface area contributed by atoms with Gasteiger partial charge in [0.25, 0.3) is 0 Å². The Morgan fingerprint density at radius 1 is 1.58 bits per heavy atom. The molecule has 1 aromatic carbocycles. The molecule has 0 aliphatic heterocycles. The van der Waals surface area contributed by atoms with Crippen LogP contribution in [0.1, 0.15) is 19.8 Å². The van der Waals surface area contributed by atoms with Gasteiger partial charge in [-0.25, -0.2) is 0 Å². The van der Waals surface area contributed by atoms with Crippen molar-refractivity contribution >= 4 is 46.6 Å². The molecular weight excluding hydrogens is 287 g/mol. The highest BCUT2D eigenvalue weighted by molar-refractivity contribution is 6.35. The van der Waals surface area contributed by atoms with Crippen LogP contribution in [0.4, 0.5) is 5.82 Å². The summed E-state index contributed by atoms with van der Waals surface area (Å²) >= 11 is 6.01. The molecule has 1 aromatic heterocycles. The van der Waals surface area contributed by atoms with Gasteiger partial charge in [0.1, 0.15) is 0 Å². The van der Waals surface area contributed by atoms with Gasteiger partial charge in [0.05, 0.1) is 16.6 Å². The third-order valence-electron chi connectivity index (χ3n) is 2.73. The van der Waals surface area contributed by atoms with Crippen molar-refractivity contribution < 1.29 is 4.79 Å². The van der Waals surface area contributed by atoms with Crippen LogP contribution in [-0.4, -0.2) is 22.1 Å². The van der Waals surface area contributed by atoms with Gasteiger partial charge in [0, 0.05) is 5.39 Å². The Kier molecular flexibility index (Phi) is 5.60. The molecule has 0 saturated carbocycles. The normalized spacial score (nSPS) is 11.9. The van der Waals surface area contributed by atoms with Gasteiger partial charge in [-0.3, -0.25) is 9.89 Å². The van der Waals surface area contributed by atoms with E-state index in [4.69, 9.17) is 17.3 Å². The van der Waals surface area contributed by atoms with E-state index in [0.29, 0.717) is 22.8 Å². The molecule has 0 saturated heterocycles. The van der Waals surface area contributed by atoms with E-state index in [0.717, 1.165) is 11.8 Å². The molecule has 5 nitrogen and oxygen atoms in total. The molecule has 0 aliphatic rings. The second-order valence-electron chi connectivity index (χ2n) is 4.12. The lowest BCUT2D eigenvalue weighted by Gasteiger charge is -2.09. The second-order valence-corrected chi connectivity index (χ2v) is 4.53. The number of hydrogen-bond donors (Lipinski definition) is 3. The molecule has 1 heterocycles. The lowest BCUT2D eigenvalue weighted by molar-refractivity contribution is -0.117. The maximum absolute atomic E-state index is 11.8. The number of aromatic nitrogens is 2. The first kappa shape index (κ1) is 15.8. The van der Waals surface area contributed by atoms with Crippen molar-refractivity contribution in [2.45, 2.75) is 25.8 Å². The fourth-order valence-electron chi connectivity index (χ4n) is 1.75. The minimum absolute atomic E-state index is 0. The highest BCUT2D eigenvalue weighted by Crippen LogP contribution is 2.26. The third-order valence-corrected chi connectivity index (χ3v) is 3.04. The minimum Gasteiger partial charge on any atom is -0.320 e. The molecule has 1 unspecified atom stereocenters. The van der Waals surface area contributed by atoms with Gasteiger partial charge in [-0.05, 0) is 18.6 Å². The van der Waals surface area contributed by atoms with Gasteiger partial charge in [-0.2, -0.15) is 5.10 Å². The number of amides is 1. The Morgan fingerprint density at radius 3 is 3.00 bits per heavy atom. The Morgan fingerprint density at radius 2 is 2.32 bits per heavy atom. The molecule has 1 atom stereocenters. The predicted octanol–water partition coefficient (Wildman–Crippen LogP) is 2.70. The molecule has 7 heteroatoms. The maximum Gasteiger partial charge on any atom is 0.242 e. The van der Waals surface area contributed by atoms with Crippen molar-refractivity contribution in [2.24, 2.45) is 5.73 Å². The molecule has 1 amide bonds. The van der Waals surface area contributed by atoms with Gasteiger partial charge in [0.15, 0.2) is 5.82 Å². The molecular formula is C12H16Cl2N4O. The van der Waals surface area contributed by atoms with Crippen LogP contribution in [0.2, 0.25) is 5.02 Å². The van der Waals surface area contributed by atoms with Crippen LogP contribution in [0.15, 0.2) is 18.2 Å². The van der Waals surface area contributed by atoms with Crippen molar-refractivity contribution in [3.05, 3.63) is 23.2 Å². The number of aromatic amines is 1. The zero-order valence-corrected chi connectivity index (χ0v) is 12.0. The molecule has 4 N–H and O–H groups in total. The van der Waals surface area contributed by atoms with E-state index < -0.39 is 6.04 Å². The fraction of sp³-hybridized carbons (Fsp3) is 0.333. The van der Waals surface area contributed by atoms with Crippen molar-refractivity contribution in [1.82, 2.24) is 10.2 Å². The van der Waals surface area contributed by atoms with Crippen molar-refractivity contribution in [3.8, 4) is 0 Å². The molecule has 19 heavy (non-hydrogen) atoms. The Balaban J connectivity index is 0.00000180. The largest absolute Gasteiger partial charge is 0.320 e. The summed E-state index contributed by atoms with van der Waals surface area (Å²) in [6.45, 7) is 1.98. The highest BCUT2D eigenvalue weighted by Gasteiger charge is 2.15. The first-order chi connectivity index (χ1) is 8.63. The van der Waals surface area contributed by atoms with Crippen LogP contribution < -0.4 is 11.1 Å². The van der Waals surface area contributed by atoms with E-state index in [9.17, 15) is 4.79 Å². The molecule has 0 spiro atoms. The molecule has 0 fully saturated rings.